The summed E-state index contributed by atoms with van der Waals surface area (Å²) in [6.07, 6.45) is 7.42. The number of hydrogen-bond donors (Lipinski definition) is 1. The smallest absolute Gasteiger partial charge is 0.0995 e. The van der Waals surface area contributed by atoms with Crippen molar-refractivity contribution < 1.29 is 9.52 Å². The van der Waals surface area contributed by atoms with Crippen LogP contribution in [0.15, 0.2) is 53.3 Å². The van der Waals surface area contributed by atoms with Gasteiger partial charge in [-0.2, -0.15) is 0 Å². The normalized spacial score (nSPS) is 28.2. The average Bonchev–Trinajstić information content (AvgIpc) is 2.95. The van der Waals surface area contributed by atoms with Gasteiger partial charge in [0, 0.05) is 11.5 Å². The van der Waals surface area contributed by atoms with Crippen LogP contribution in [0.2, 0.25) is 0 Å². The minimum Gasteiger partial charge on any atom is -0.472 e. The summed E-state index contributed by atoms with van der Waals surface area (Å²) in [7, 11) is 0. The quantitative estimate of drug-likeness (QED) is 0.868. The van der Waals surface area contributed by atoms with Crippen LogP contribution >= 0.6 is 0 Å². The number of rotatable bonds is 2. The summed E-state index contributed by atoms with van der Waals surface area (Å²) in [4.78, 5) is 0. The highest BCUT2D eigenvalue weighted by molar-refractivity contribution is 5.30. The maximum Gasteiger partial charge on any atom is 0.0995 e. The molecule has 0 amide bonds. The van der Waals surface area contributed by atoms with E-state index in [4.69, 9.17) is 4.42 Å². The van der Waals surface area contributed by atoms with E-state index in [9.17, 15) is 5.11 Å². The Kier molecular flexibility index (Phi) is 2.96. The molecular weight excluding hydrogens is 224 g/mol. The van der Waals surface area contributed by atoms with E-state index in [0.717, 1.165) is 24.8 Å². The zero-order valence-corrected chi connectivity index (χ0v) is 10.4. The maximum absolute atomic E-state index is 11.1. The van der Waals surface area contributed by atoms with Gasteiger partial charge in [-0.05, 0) is 24.5 Å². The molecule has 2 heteroatoms. The molecule has 0 bridgehead atoms. The lowest BCUT2D eigenvalue weighted by Crippen LogP contribution is -2.36. The molecule has 0 aliphatic heterocycles. The van der Waals surface area contributed by atoms with Crippen LogP contribution in [-0.2, 0) is 5.60 Å². The predicted octanol–water partition coefficient (Wildman–Crippen LogP) is 3.83. The molecule has 94 valence electrons. The Balaban J connectivity index is 2.01. The number of hydrogen-bond acceptors (Lipinski definition) is 2. The molecule has 2 unspecified atom stereocenters. The van der Waals surface area contributed by atoms with E-state index in [1.807, 2.05) is 24.3 Å². The predicted molar refractivity (Wildman–Crippen MR) is 70.3 cm³/mol. The SMILES string of the molecule is OC1(c2ccoc2)CCCCC1c1ccccc1. The Morgan fingerprint density at radius 3 is 2.67 bits per heavy atom. The van der Waals surface area contributed by atoms with Crippen LogP contribution in [0.3, 0.4) is 0 Å². The second-order valence-corrected chi connectivity index (χ2v) is 5.15. The number of benzene rings is 1. The molecule has 1 N–H and O–H groups in total. The topological polar surface area (TPSA) is 33.4 Å². The van der Waals surface area contributed by atoms with Crippen molar-refractivity contribution >= 4 is 0 Å². The molecule has 1 aromatic heterocycles. The Labute approximate surface area is 107 Å². The molecule has 0 radical (unpaired) electrons. The van der Waals surface area contributed by atoms with Crippen LogP contribution < -0.4 is 0 Å². The van der Waals surface area contributed by atoms with E-state index in [0.29, 0.717) is 0 Å². The van der Waals surface area contributed by atoms with Crippen molar-refractivity contribution in [3.63, 3.8) is 0 Å². The van der Waals surface area contributed by atoms with Crippen molar-refractivity contribution in [2.24, 2.45) is 0 Å². The highest BCUT2D eigenvalue weighted by Crippen LogP contribution is 2.47. The zero-order chi connectivity index (χ0) is 12.4. The van der Waals surface area contributed by atoms with Gasteiger partial charge >= 0.3 is 0 Å². The molecule has 2 nitrogen and oxygen atoms in total. The first-order chi connectivity index (χ1) is 8.81. The Morgan fingerprint density at radius 2 is 1.94 bits per heavy atom. The standard InChI is InChI=1S/C16H18O2/c17-16(14-9-11-18-12-14)10-5-4-8-15(16)13-6-2-1-3-7-13/h1-3,6-7,9,11-12,15,17H,4-5,8,10H2. The van der Waals surface area contributed by atoms with Crippen LogP contribution in [0.4, 0.5) is 0 Å². The molecule has 2 atom stereocenters. The van der Waals surface area contributed by atoms with E-state index in [-0.39, 0.29) is 5.92 Å². The van der Waals surface area contributed by atoms with Crippen molar-refractivity contribution in [1.29, 1.82) is 0 Å². The van der Waals surface area contributed by atoms with Crippen molar-refractivity contribution in [3.05, 3.63) is 60.1 Å². The van der Waals surface area contributed by atoms with Crippen molar-refractivity contribution in [2.45, 2.75) is 37.2 Å². The molecule has 0 saturated heterocycles. The summed E-state index contributed by atoms with van der Waals surface area (Å²) >= 11 is 0. The molecule has 1 aromatic carbocycles. The van der Waals surface area contributed by atoms with Crippen molar-refractivity contribution in [3.8, 4) is 0 Å². The fourth-order valence-electron chi connectivity index (χ4n) is 3.14. The maximum atomic E-state index is 11.1. The highest BCUT2D eigenvalue weighted by atomic mass is 16.3. The summed E-state index contributed by atoms with van der Waals surface area (Å²) in [6.45, 7) is 0. The molecule has 1 saturated carbocycles. The largest absolute Gasteiger partial charge is 0.472 e. The summed E-state index contributed by atoms with van der Waals surface area (Å²) < 4.78 is 5.16. The second-order valence-electron chi connectivity index (χ2n) is 5.15. The first-order valence-electron chi connectivity index (χ1n) is 6.61. The van der Waals surface area contributed by atoms with E-state index >= 15 is 0 Å². The van der Waals surface area contributed by atoms with Gasteiger partial charge in [0.15, 0.2) is 0 Å². The van der Waals surface area contributed by atoms with Crippen LogP contribution in [0.1, 0.15) is 42.7 Å². The third kappa shape index (κ3) is 1.87. The van der Waals surface area contributed by atoms with Gasteiger partial charge in [-0.15, -0.1) is 0 Å². The minimum atomic E-state index is -0.771. The molecule has 2 aromatic rings. The molecular formula is C16H18O2. The second kappa shape index (κ2) is 4.62. The van der Waals surface area contributed by atoms with Crippen molar-refractivity contribution in [1.82, 2.24) is 0 Å². The van der Waals surface area contributed by atoms with Crippen LogP contribution in [0.25, 0.3) is 0 Å². The van der Waals surface area contributed by atoms with Gasteiger partial charge in [-0.25, -0.2) is 0 Å². The Morgan fingerprint density at radius 1 is 1.11 bits per heavy atom. The van der Waals surface area contributed by atoms with Crippen LogP contribution in [-0.4, -0.2) is 5.11 Å². The highest BCUT2D eigenvalue weighted by Gasteiger charge is 2.41. The summed E-state index contributed by atoms with van der Waals surface area (Å²) in [5.74, 6) is 0.171. The summed E-state index contributed by atoms with van der Waals surface area (Å²) in [5.41, 5.74) is 1.36. The van der Waals surface area contributed by atoms with E-state index in [1.165, 1.54) is 12.0 Å². The lowest BCUT2D eigenvalue weighted by Gasteiger charge is -2.39. The fourth-order valence-corrected chi connectivity index (χ4v) is 3.14. The van der Waals surface area contributed by atoms with Gasteiger partial charge in [0.25, 0.3) is 0 Å². The number of aliphatic hydroxyl groups is 1. The average molecular weight is 242 g/mol. The third-order valence-corrected chi connectivity index (χ3v) is 4.10. The molecule has 18 heavy (non-hydrogen) atoms. The lowest BCUT2D eigenvalue weighted by molar-refractivity contribution is -0.0228. The lowest BCUT2D eigenvalue weighted by atomic mass is 9.69. The Hall–Kier alpha value is -1.54. The van der Waals surface area contributed by atoms with Gasteiger partial charge in [-0.1, -0.05) is 43.2 Å². The summed E-state index contributed by atoms with van der Waals surface area (Å²) in [5, 5.41) is 11.1. The van der Waals surface area contributed by atoms with Gasteiger partial charge in [-0.3, -0.25) is 0 Å². The fraction of sp³-hybridized carbons (Fsp3) is 0.375. The van der Waals surface area contributed by atoms with E-state index in [1.54, 1.807) is 12.5 Å². The molecule has 1 heterocycles. The summed E-state index contributed by atoms with van der Waals surface area (Å²) in [6, 6.07) is 12.2. The molecule has 0 spiro atoms. The first-order valence-corrected chi connectivity index (χ1v) is 6.61. The first kappa shape index (κ1) is 11.5. The zero-order valence-electron chi connectivity index (χ0n) is 10.4. The third-order valence-electron chi connectivity index (χ3n) is 4.10. The van der Waals surface area contributed by atoms with E-state index in [2.05, 4.69) is 12.1 Å². The monoisotopic (exact) mass is 242 g/mol. The Bertz CT molecular complexity index is 489. The number of furan rings is 1. The molecule has 1 aliphatic rings. The molecule has 1 fully saturated rings. The van der Waals surface area contributed by atoms with Gasteiger partial charge in [0.2, 0.25) is 0 Å². The van der Waals surface area contributed by atoms with Gasteiger partial charge in [0.05, 0.1) is 18.1 Å². The van der Waals surface area contributed by atoms with Crippen LogP contribution in [0, 0.1) is 0 Å². The van der Waals surface area contributed by atoms with E-state index < -0.39 is 5.60 Å². The van der Waals surface area contributed by atoms with Crippen LogP contribution in [0.5, 0.6) is 0 Å². The molecule has 1 aliphatic carbocycles. The van der Waals surface area contributed by atoms with Gasteiger partial charge < -0.3 is 9.52 Å². The van der Waals surface area contributed by atoms with Crippen molar-refractivity contribution in [2.75, 3.05) is 0 Å². The minimum absolute atomic E-state index is 0.171. The molecule has 3 rings (SSSR count). The van der Waals surface area contributed by atoms with Gasteiger partial charge in [0.1, 0.15) is 0 Å².